The van der Waals surface area contributed by atoms with Crippen LogP contribution in [0.5, 0.6) is 0 Å². The van der Waals surface area contributed by atoms with Crippen molar-refractivity contribution in [3.8, 4) is 11.3 Å². The zero-order valence-electron chi connectivity index (χ0n) is 7.75. The van der Waals surface area contributed by atoms with Crippen LogP contribution in [0.2, 0.25) is 0 Å². The molecule has 0 atom stereocenters. The van der Waals surface area contributed by atoms with Gasteiger partial charge >= 0.3 is 0 Å². The molecule has 0 radical (unpaired) electrons. The number of hydrogen-bond acceptors (Lipinski definition) is 2. The molecule has 2 rings (SSSR count). The number of nitrogen functional groups attached to an aromatic ring is 1. The summed E-state index contributed by atoms with van der Waals surface area (Å²) in [7, 11) is 0. The largest absolute Gasteiger partial charge is 0.461 e. The average molecular weight is 191 g/mol. The van der Waals surface area contributed by atoms with Gasteiger partial charge in [-0.1, -0.05) is 0 Å². The Morgan fingerprint density at radius 2 is 2.00 bits per heavy atom. The van der Waals surface area contributed by atoms with E-state index in [1.165, 1.54) is 12.1 Å². The molecule has 3 heteroatoms. The fourth-order valence-electron chi connectivity index (χ4n) is 1.34. The zero-order valence-corrected chi connectivity index (χ0v) is 7.75. The normalized spacial score (nSPS) is 10.4. The lowest BCUT2D eigenvalue weighted by molar-refractivity contribution is 0.548. The number of furan rings is 1. The van der Waals surface area contributed by atoms with Crippen molar-refractivity contribution in [2.24, 2.45) is 0 Å². The lowest BCUT2D eigenvalue weighted by Crippen LogP contribution is -1.89. The van der Waals surface area contributed by atoms with Crippen LogP contribution in [0.1, 0.15) is 5.76 Å². The molecular formula is C11H10FNO. The molecule has 14 heavy (non-hydrogen) atoms. The molecule has 0 aliphatic rings. The molecule has 2 nitrogen and oxygen atoms in total. The number of hydrogen-bond donors (Lipinski definition) is 1. The fraction of sp³-hybridized carbons (Fsp3) is 0.0909. The topological polar surface area (TPSA) is 39.2 Å². The van der Waals surface area contributed by atoms with Crippen molar-refractivity contribution in [2.75, 3.05) is 5.73 Å². The van der Waals surface area contributed by atoms with Crippen LogP contribution in [0.3, 0.4) is 0 Å². The molecule has 1 aromatic heterocycles. The van der Waals surface area contributed by atoms with Gasteiger partial charge in [-0.2, -0.15) is 0 Å². The number of anilines is 1. The molecular weight excluding hydrogens is 181 g/mol. The summed E-state index contributed by atoms with van der Waals surface area (Å²) in [6, 6.07) is 7.93. The molecule has 0 unspecified atom stereocenters. The van der Waals surface area contributed by atoms with E-state index in [0.29, 0.717) is 11.4 Å². The number of nitrogens with two attached hydrogens (primary N) is 1. The van der Waals surface area contributed by atoms with Crippen molar-refractivity contribution in [2.45, 2.75) is 6.92 Å². The standard InChI is InChI=1S/C11H10FNO/c1-7-2-5-11(14-7)9-4-3-8(12)6-10(9)13/h2-6H,13H2,1H3. The van der Waals surface area contributed by atoms with Gasteiger partial charge in [0, 0.05) is 11.3 Å². The Morgan fingerprint density at radius 1 is 1.21 bits per heavy atom. The Bertz CT molecular complexity index is 462. The molecule has 0 aliphatic heterocycles. The van der Waals surface area contributed by atoms with Gasteiger partial charge in [0.1, 0.15) is 17.3 Å². The molecule has 0 aliphatic carbocycles. The Labute approximate surface area is 81.2 Å². The minimum Gasteiger partial charge on any atom is -0.461 e. The van der Waals surface area contributed by atoms with Crippen molar-refractivity contribution < 1.29 is 8.81 Å². The second kappa shape index (κ2) is 3.18. The molecule has 0 amide bonds. The Kier molecular flexibility index (Phi) is 2.00. The first kappa shape index (κ1) is 8.81. The van der Waals surface area contributed by atoms with Crippen LogP contribution in [-0.2, 0) is 0 Å². The third-order valence-corrected chi connectivity index (χ3v) is 2.02. The summed E-state index contributed by atoms with van der Waals surface area (Å²) >= 11 is 0. The smallest absolute Gasteiger partial charge is 0.136 e. The van der Waals surface area contributed by atoms with Gasteiger partial charge in [-0.3, -0.25) is 0 Å². The van der Waals surface area contributed by atoms with Crippen LogP contribution >= 0.6 is 0 Å². The lowest BCUT2D eigenvalue weighted by atomic mass is 10.1. The van der Waals surface area contributed by atoms with Crippen LogP contribution in [0.4, 0.5) is 10.1 Å². The van der Waals surface area contributed by atoms with Gasteiger partial charge in [-0.15, -0.1) is 0 Å². The zero-order chi connectivity index (χ0) is 10.1. The summed E-state index contributed by atoms with van der Waals surface area (Å²) < 4.78 is 18.1. The van der Waals surface area contributed by atoms with Crippen molar-refractivity contribution in [1.29, 1.82) is 0 Å². The molecule has 0 saturated heterocycles. The molecule has 2 aromatic rings. The van der Waals surface area contributed by atoms with Crippen LogP contribution in [0.15, 0.2) is 34.7 Å². The first-order valence-electron chi connectivity index (χ1n) is 4.28. The van der Waals surface area contributed by atoms with E-state index in [1.807, 2.05) is 19.1 Å². The van der Waals surface area contributed by atoms with Gasteiger partial charge in [0.15, 0.2) is 0 Å². The SMILES string of the molecule is Cc1ccc(-c2ccc(F)cc2N)o1. The summed E-state index contributed by atoms with van der Waals surface area (Å²) in [6.45, 7) is 1.85. The fourth-order valence-corrected chi connectivity index (χ4v) is 1.34. The summed E-state index contributed by atoms with van der Waals surface area (Å²) in [5.41, 5.74) is 6.77. The summed E-state index contributed by atoms with van der Waals surface area (Å²) in [4.78, 5) is 0. The van der Waals surface area contributed by atoms with Gasteiger partial charge in [0.2, 0.25) is 0 Å². The lowest BCUT2D eigenvalue weighted by Gasteiger charge is -2.01. The van der Waals surface area contributed by atoms with Gasteiger partial charge in [0.05, 0.1) is 0 Å². The average Bonchev–Trinajstić information content (AvgIpc) is 2.51. The predicted octanol–water partition coefficient (Wildman–Crippen LogP) is 2.98. The van der Waals surface area contributed by atoms with Crippen molar-refractivity contribution in [1.82, 2.24) is 0 Å². The molecule has 0 spiro atoms. The first-order chi connectivity index (χ1) is 6.66. The molecule has 0 bridgehead atoms. The van der Waals surface area contributed by atoms with Crippen LogP contribution in [0, 0.1) is 12.7 Å². The minimum atomic E-state index is -0.338. The van der Waals surface area contributed by atoms with Crippen LogP contribution < -0.4 is 5.73 Å². The van der Waals surface area contributed by atoms with E-state index >= 15 is 0 Å². The third kappa shape index (κ3) is 1.48. The molecule has 1 heterocycles. The number of halogens is 1. The first-order valence-corrected chi connectivity index (χ1v) is 4.28. The summed E-state index contributed by atoms with van der Waals surface area (Å²) in [5.74, 6) is 1.14. The molecule has 1 aromatic carbocycles. The van der Waals surface area contributed by atoms with E-state index in [9.17, 15) is 4.39 Å². The van der Waals surface area contributed by atoms with E-state index in [4.69, 9.17) is 10.2 Å². The maximum atomic E-state index is 12.8. The highest BCUT2D eigenvalue weighted by atomic mass is 19.1. The Hall–Kier alpha value is -1.77. The minimum absolute atomic E-state index is 0.338. The van der Waals surface area contributed by atoms with Gasteiger partial charge in [-0.25, -0.2) is 4.39 Å². The molecule has 2 N–H and O–H groups in total. The number of benzene rings is 1. The molecule has 0 fully saturated rings. The molecule has 72 valence electrons. The van der Waals surface area contributed by atoms with E-state index in [0.717, 1.165) is 11.3 Å². The second-order valence-corrected chi connectivity index (χ2v) is 3.14. The summed E-state index contributed by atoms with van der Waals surface area (Å²) in [5, 5.41) is 0. The highest BCUT2D eigenvalue weighted by Gasteiger charge is 2.06. The van der Waals surface area contributed by atoms with Gasteiger partial charge < -0.3 is 10.2 Å². The highest BCUT2D eigenvalue weighted by molar-refractivity contribution is 5.72. The summed E-state index contributed by atoms with van der Waals surface area (Å²) in [6.07, 6.45) is 0. The van der Waals surface area contributed by atoms with E-state index < -0.39 is 0 Å². The Morgan fingerprint density at radius 3 is 2.57 bits per heavy atom. The monoisotopic (exact) mass is 191 g/mol. The van der Waals surface area contributed by atoms with E-state index in [1.54, 1.807) is 6.07 Å². The maximum Gasteiger partial charge on any atom is 0.136 e. The van der Waals surface area contributed by atoms with Gasteiger partial charge in [0.25, 0.3) is 0 Å². The third-order valence-electron chi connectivity index (χ3n) is 2.02. The van der Waals surface area contributed by atoms with Crippen molar-refractivity contribution >= 4 is 5.69 Å². The van der Waals surface area contributed by atoms with Crippen LogP contribution in [-0.4, -0.2) is 0 Å². The highest BCUT2D eigenvalue weighted by Crippen LogP contribution is 2.27. The van der Waals surface area contributed by atoms with Crippen molar-refractivity contribution in [3.63, 3.8) is 0 Å². The van der Waals surface area contributed by atoms with Crippen molar-refractivity contribution in [3.05, 3.63) is 41.9 Å². The van der Waals surface area contributed by atoms with E-state index in [-0.39, 0.29) is 5.82 Å². The number of aryl methyl sites for hydroxylation is 1. The maximum absolute atomic E-state index is 12.8. The molecule has 0 saturated carbocycles. The van der Waals surface area contributed by atoms with E-state index in [2.05, 4.69) is 0 Å². The number of rotatable bonds is 1. The predicted molar refractivity (Wildman–Crippen MR) is 53.3 cm³/mol. The quantitative estimate of drug-likeness (QED) is 0.704. The van der Waals surface area contributed by atoms with Gasteiger partial charge in [-0.05, 0) is 37.3 Å². The van der Waals surface area contributed by atoms with Crippen LogP contribution in [0.25, 0.3) is 11.3 Å². The Balaban J connectivity index is 2.52. The second-order valence-electron chi connectivity index (χ2n) is 3.14.